The number of nitrogens with zero attached hydrogens (tertiary/aromatic N) is 2. The van der Waals surface area contributed by atoms with Gasteiger partial charge in [0, 0.05) is 19.4 Å². The van der Waals surface area contributed by atoms with Crippen molar-refractivity contribution in [1.29, 1.82) is 0 Å². The largest absolute Gasteiger partial charge is 0.380 e. The van der Waals surface area contributed by atoms with E-state index in [0.29, 0.717) is 11.4 Å². The summed E-state index contributed by atoms with van der Waals surface area (Å²) in [5.74, 6) is 0.229. The molecule has 1 heterocycles. The van der Waals surface area contributed by atoms with Gasteiger partial charge in [0.2, 0.25) is 0 Å². The van der Waals surface area contributed by atoms with Crippen LogP contribution in [0.25, 0.3) is 0 Å². The van der Waals surface area contributed by atoms with Crippen LogP contribution in [0.1, 0.15) is 17.5 Å². The first-order valence-electron chi connectivity index (χ1n) is 4.59. The van der Waals surface area contributed by atoms with Crippen LogP contribution in [-0.2, 0) is 7.05 Å². The first-order chi connectivity index (χ1) is 7.18. The van der Waals surface area contributed by atoms with Crippen LogP contribution in [0, 0.1) is 5.82 Å². The normalized spacial score (nSPS) is 12.7. The number of hydrogen-bond donors (Lipinski definition) is 1. The maximum absolute atomic E-state index is 12.7. The Balaban J connectivity index is 2.32. The molecule has 2 aromatic rings. The van der Waals surface area contributed by atoms with Crippen LogP contribution in [0.4, 0.5) is 4.39 Å². The minimum atomic E-state index is -0.814. The molecule has 0 aliphatic heterocycles. The number of halogens is 1. The van der Waals surface area contributed by atoms with E-state index < -0.39 is 6.10 Å². The Bertz CT molecular complexity index is 450. The Kier molecular flexibility index (Phi) is 2.51. The zero-order valence-electron chi connectivity index (χ0n) is 8.26. The Labute approximate surface area is 86.8 Å². The Hall–Kier alpha value is -1.68. The Morgan fingerprint density at radius 1 is 1.33 bits per heavy atom. The first kappa shape index (κ1) is 9.86. The van der Waals surface area contributed by atoms with E-state index in [0.717, 1.165) is 0 Å². The van der Waals surface area contributed by atoms with Gasteiger partial charge in [0.1, 0.15) is 17.7 Å². The van der Waals surface area contributed by atoms with Gasteiger partial charge < -0.3 is 9.67 Å². The summed E-state index contributed by atoms with van der Waals surface area (Å²) in [6.07, 6.45) is 2.55. The summed E-state index contributed by atoms with van der Waals surface area (Å²) in [6, 6.07) is 5.74. The van der Waals surface area contributed by atoms with Gasteiger partial charge in [-0.25, -0.2) is 9.37 Å². The van der Waals surface area contributed by atoms with Crippen molar-refractivity contribution < 1.29 is 9.50 Å². The molecule has 3 nitrogen and oxygen atoms in total. The lowest BCUT2D eigenvalue weighted by atomic mass is 10.1. The number of hydrogen-bond acceptors (Lipinski definition) is 2. The minimum absolute atomic E-state index is 0.314. The van der Waals surface area contributed by atoms with Crippen molar-refractivity contribution in [2.45, 2.75) is 6.10 Å². The molecule has 1 N–H and O–H groups in total. The second-order valence-corrected chi connectivity index (χ2v) is 3.35. The molecule has 1 aromatic heterocycles. The lowest BCUT2D eigenvalue weighted by Gasteiger charge is -2.10. The van der Waals surface area contributed by atoms with Gasteiger partial charge >= 0.3 is 0 Å². The highest BCUT2D eigenvalue weighted by Gasteiger charge is 2.14. The average Bonchev–Trinajstić information content (AvgIpc) is 2.65. The maximum Gasteiger partial charge on any atom is 0.142 e. The molecule has 0 bridgehead atoms. The number of aryl methyl sites for hydroxylation is 1. The van der Waals surface area contributed by atoms with E-state index >= 15 is 0 Å². The Morgan fingerprint density at radius 3 is 2.53 bits per heavy atom. The van der Waals surface area contributed by atoms with Crippen LogP contribution in [0.15, 0.2) is 36.7 Å². The molecule has 0 fully saturated rings. The van der Waals surface area contributed by atoms with Gasteiger partial charge in [-0.2, -0.15) is 0 Å². The van der Waals surface area contributed by atoms with Gasteiger partial charge in [-0.05, 0) is 17.7 Å². The fourth-order valence-electron chi connectivity index (χ4n) is 1.43. The van der Waals surface area contributed by atoms with Crippen molar-refractivity contribution in [1.82, 2.24) is 9.55 Å². The average molecular weight is 206 g/mol. The second-order valence-electron chi connectivity index (χ2n) is 3.35. The predicted octanol–water partition coefficient (Wildman–Crippen LogP) is 1.64. The van der Waals surface area contributed by atoms with Crippen LogP contribution in [0.3, 0.4) is 0 Å². The molecule has 0 aliphatic carbocycles. The van der Waals surface area contributed by atoms with Gasteiger partial charge in [0.25, 0.3) is 0 Å². The first-order valence-corrected chi connectivity index (χ1v) is 4.59. The highest BCUT2D eigenvalue weighted by Crippen LogP contribution is 2.19. The van der Waals surface area contributed by atoms with Gasteiger partial charge in [0.05, 0.1) is 0 Å². The molecule has 0 amide bonds. The fourth-order valence-corrected chi connectivity index (χ4v) is 1.43. The summed E-state index contributed by atoms with van der Waals surface area (Å²) in [4.78, 5) is 4.03. The van der Waals surface area contributed by atoms with E-state index in [1.54, 1.807) is 36.1 Å². The third-order valence-corrected chi connectivity index (χ3v) is 2.29. The molecule has 0 saturated heterocycles. The number of aliphatic hydroxyl groups is 1. The number of benzene rings is 1. The van der Waals surface area contributed by atoms with Crippen LogP contribution in [-0.4, -0.2) is 14.7 Å². The number of aromatic nitrogens is 2. The summed E-state index contributed by atoms with van der Waals surface area (Å²) >= 11 is 0. The third kappa shape index (κ3) is 1.89. The van der Waals surface area contributed by atoms with Gasteiger partial charge in [-0.1, -0.05) is 12.1 Å². The topological polar surface area (TPSA) is 38.0 Å². The predicted molar refractivity (Wildman–Crippen MR) is 53.7 cm³/mol. The van der Waals surface area contributed by atoms with E-state index in [-0.39, 0.29) is 5.82 Å². The highest BCUT2D eigenvalue weighted by atomic mass is 19.1. The summed E-state index contributed by atoms with van der Waals surface area (Å²) in [6.45, 7) is 0. The van der Waals surface area contributed by atoms with Crippen LogP contribution in [0.2, 0.25) is 0 Å². The molecule has 0 radical (unpaired) electrons. The van der Waals surface area contributed by atoms with Crippen LogP contribution < -0.4 is 0 Å². The zero-order valence-corrected chi connectivity index (χ0v) is 8.26. The van der Waals surface area contributed by atoms with E-state index in [2.05, 4.69) is 4.98 Å². The summed E-state index contributed by atoms with van der Waals surface area (Å²) in [5, 5.41) is 9.95. The highest BCUT2D eigenvalue weighted by molar-refractivity contribution is 5.23. The van der Waals surface area contributed by atoms with Gasteiger partial charge in [0.15, 0.2) is 0 Å². The molecule has 1 atom stereocenters. The van der Waals surface area contributed by atoms with Crippen LogP contribution in [0.5, 0.6) is 0 Å². The SMILES string of the molecule is Cn1ccnc1[C@H](O)c1ccc(F)cc1. The molecule has 0 saturated carbocycles. The molecule has 15 heavy (non-hydrogen) atoms. The molecule has 2 rings (SSSR count). The van der Waals surface area contributed by atoms with Crippen molar-refractivity contribution in [3.05, 3.63) is 53.9 Å². The lowest BCUT2D eigenvalue weighted by molar-refractivity contribution is 0.206. The molecular weight excluding hydrogens is 195 g/mol. The van der Waals surface area contributed by atoms with E-state index in [1.807, 2.05) is 0 Å². The standard InChI is InChI=1S/C11H11FN2O/c1-14-7-6-13-11(14)10(15)8-2-4-9(12)5-3-8/h2-7,10,15H,1H3/t10-/m1/s1. The fraction of sp³-hybridized carbons (Fsp3) is 0.182. The van der Waals surface area contributed by atoms with Crippen molar-refractivity contribution in [3.8, 4) is 0 Å². The number of rotatable bonds is 2. The smallest absolute Gasteiger partial charge is 0.142 e. The van der Waals surface area contributed by atoms with Gasteiger partial charge in [-0.3, -0.25) is 0 Å². The lowest BCUT2D eigenvalue weighted by Crippen LogP contribution is -2.06. The molecule has 0 aliphatic rings. The number of imidazole rings is 1. The minimum Gasteiger partial charge on any atom is -0.380 e. The monoisotopic (exact) mass is 206 g/mol. The zero-order chi connectivity index (χ0) is 10.8. The molecule has 0 unspecified atom stereocenters. The number of aliphatic hydroxyl groups excluding tert-OH is 1. The Morgan fingerprint density at radius 2 is 2.00 bits per heavy atom. The van der Waals surface area contributed by atoms with E-state index in [4.69, 9.17) is 0 Å². The van der Waals surface area contributed by atoms with Crippen LogP contribution >= 0.6 is 0 Å². The van der Waals surface area contributed by atoms with Gasteiger partial charge in [-0.15, -0.1) is 0 Å². The molecular formula is C11H11FN2O. The van der Waals surface area contributed by atoms with Crippen molar-refractivity contribution in [2.75, 3.05) is 0 Å². The maximum atomic E-state index is 12.7. The van der Waals surface area contributed by atoms with Crippen molar-refractivity contribution in [2.24, 2.45) is 7.05 Å². The molecule has 0 spiro atoms. The second kappa shape index (κ2) is 3.82. The van der Waals surface area contributed by atoms with E-state index in [1.165, 1.54) is 12.1 Å². The quantitative estimate of drug-likeness (QED) is 0.811. The summed E-state index contributed by atoms with van der Waals surface area (Å²) in [5.41, 5.74) is 0.630. The molecule has 4 heteroatoms. The third-order valence-electron chi connectivity index (χ3n) is 2.29. The summed E-state index contributed by atoms with van der Waals surface area (Å²) in [7, 11) is 1.80. The van der Waals surface area contributed by atoms with Crippen molar-refractivity contribution >= 4 is 0 Å². The molecule has 78 valence electrons. The van der Waals surface area contributed by atoms with E-state index in [9.17, 15) is 9.50 Å². The van der Waals surface area contributed by atoms with Crippen molar-refractivity contribution in [3.63, 3.8) is 0 Å². The summed E-state index contributed by atoms with van der Waals surface area (Å²) < 4.78 is 14.4. The molecule has 1 aromatic carbocycles.